The van der Waals surface area contributed by atoms with E-state index in [1.165, 1.54) is 23.5 Å². The van der Waals surface area contributed by atoms with E-state index in [0.717, 1.165) is 19.2 Å². The SMILES string of the molecule is COC(=O)C(NC(=O)c1ccccc1F)(Nc1cc(C)cc(C)n1)C(F)(F)F. The molecule has 2 aromatic rings. The molecule has 0 aliphatic heterocycles. The van der Waals surface area contributed by atoms with Crippen LogP contribution in [0.15, 0.2) is 36.4 Å². The molecule has 6 nitrogen and oxygen atoms in total. The molecule has 1 heterocycles. The number of alkyl halides is 3. The van der Waals surface area contributed by atoms with Crippen molar-refractivity contribution in [1.82, 2.24) is 10.3 Å². The van der Waals surface area contributed by atoms with Gasteiger partial charge in [-0.3, -0.25) is 4.79 Å². The summed E-state index contributed by atoms with van der Waals surface area (Å²) in [4.78, 5) is 28.4. The lowest BCUT2D eigenvalue weighted by atomic mass is 10.1. The fraction of sp³-hybridized carbons (Fsp3) is 0.278. The van der Waals surface area contributed by atoms with Crippen LogP contribution in [-0.2, 0) is 9.53 Å². The third-order valence-electron chi connectivity index (χ3n) is 3.75. The summed E-state index contributed by atoms with van der Waals surface area (Å²) >= 11 is 0. The fourth-order valence-corrected chi connectivity index (χ4v) is 2.52. The van der Waals surface area contributed by atoms with Crippen molar-refractivity contribution in [3.8, 4) is 0 Å². The summed E-state index contributed by atoms with van der Waals surface area (Å²) in [7, 11) is 0.731. The Morgan fingerprint density at radius 1 is 1.11 bits per heavy atom. The number of anilines is 1. The number of benzene rings is 1. The van der Waals surface area contributed by atoms with Crippen LogP contribution in [0.25, 0.3) is 0 Å². The molecule has 150 valence electrons. The first kappa shape index (κ1) is 21.1. The number of nitrogens with zero attached hydrogens (tertiary/aromatic N) is 1. The van der Waals surface area contributed by atoms with Crippen molar-refractivity contribution in [3.63, 3.8) is 0 Å². The Morgan fingerprint density at radius 3 is 2.29 bits per heavy atom. The predicted molar refractivity (Wildman–Crippen MR) is 92.0 cm³/mol. The Morgan fingerprint density at radius 2 is 1.75 bits per heavy atom. The molecule has 0 aliphatic rings. The first-order valence-corrected chi connectivity index (χ1v) is 7.96. The number of hydrogen-bond acceptors (Lipinski definition) is 5. The summed E-state index contributed by atoms with van der Waals surface area (Å²) in [6, 6.07) is 7.28. The van der Waals surface area contributed by atoms with E-state index in [0.29, 0.717) is 11.3 Å². The van der Waals surface area contributed by atoms with Crippen molar-refractivity contribution in [2.75, 3.05) is 12.4 Å². The smallest absolute Gasteiger partial charge is 0.441 e. The zero-order valence-electron chi connectivity index (χ0n) is 15.1. The number of carbonyl (C=O) groups is 2. The minimum atomic E-state index is -5.35. The van der Waals surface area contributed by atoms with Gasteiger partial charge >= 0.3 is 17.8 Å². The highest BCUT2D eigenvalue weighted by Crippen LogP contribution is 2.33. The molecule has 1 unspecified atom stereocenters. The molecule has 1 amide bonds. The van der Waals surface area contributed by atoms with Gasteiger partial charge in [-0.1, -0.05) is 12.1 Å². The maximum Gasteiger partial charge on any atom is 0.441 e. The van der Waals surface area contributed by atoms with Gasteiger partial charge in [-0.2, -0.15) is 13.2 Å². The zero-order valence-corrected chi connectivity index (χ0v) is 15.1. The van der Waals surface area contributed by atoms with Gasteiger partial charge in [0.2, 0.25) is 0 Å². The molecule has 10 heteroatoms. The highest BCUT2D eigenvalue weighted by molar-refractivity contribution is 5.99. The van der Waals surface area contributed by atoms with Crippen LogP contribution in [0.5, 0.6) is 0 Å². The number of rotatable bonds is 5. The summed E-state index contributed by atoms with van der Waals surface area (Å²) in [5.41, 5.74) is -3.41. The number of aryl methyl sites for hydroxylation is 2. The second-order valence-corrected chi connectivity index (χ2v) is 5.97. The van der Waals surface area contributed by atoms with Crippen molar-refractivity contribution in [1.29, 1.82) is 0 Å². The number of esters is 1. The molecule has 2 rings (SSSR count). The van der Waals surface area contributed by atoms with E-state index in [9.17, 15) is 27.2 Å². The number of ether oxygens (including phenoxy) is 1. The molecule has 0 aliphatic carbocycles. The summed E-state index contributed by atoms with van der Waals surface area (Å²) in [5.74, 6) is -4.68. The Bertz CT molecular complexity index is 882. The molecule has 0 fully saturated rings. The second kappa shape index (κ2) is 7.83. The third-order valence-corrected chi connectivity index (χ3v) is 3.75. The normalized spacial score (nSPS) is 13.4. The van der Waals surface area contributed by atoms with Crippen LogP contribution in [0.2, 0.25) is 0 Å². The maximum absolute atomic E-state index is 14.0. The summed E-state index contributed by atoms with van der Waals surface area (Å²) < 4.78 is 60.1. The molecule has 2 N–H and O–H groups in total. The maximum atomic E-state index is 14.0. The molecular formula is C18H17F4N3O3. The average molecular weight is 399 g/mol. The third kappa shape index (κ3) is 4.21. The Kier molecular flexibility index (Phi) is 5.91. The molecule has 1 aromatic carbocycles. The molecule has 0 saturated carbocycles. The first-order valence-electron chi connectivity index (χ1n) is 7.96. The van der Waals surface area contributed by atoms with E-state index in [-0.39, 0.29) is 5.82 Å². The molecule has 0 saturated heterocycles. The van der Waals surface area contributed by atoms with E-state index in [1.807, 2.05) is 5.32 Å². The number of carbonyl (C=O) groups excluding carboxylic acids is 2. The molecular weight excluding hydrogens is 382 g/mol. The lowest BCUT2D eigenvalue weighted by molar-refractivity contribution is -0.203. The first-order chi connectivity index (χ1) is 13.0. The molecule has 1 aromatic heterocycles. The van der Waals surface area contributed by atoms with Crippen molar-refractivity contribution in [2.24, 2.45) is 0 Å². The van der Waals surface area contributed by atoms with Gasteiger partial charge in [-0.05, 0) is 43.7 Å². The van der Waals surface area contributed by atoms with Gasteiger partial charge in [0, 0.05) is 5.69 Å². The predicted octanol–water partition coefficient (Wildman–Crippen LogP) is 3.11. The molecule has 0 spiro atoms. The summed E-state index contributed by atoms with van der Waals surface area (Å²) in [6.45, 7) is 3.16. The number of hydrogen-bond donors (Lipinski definition) is 2. The molecule has 28 heavy (non-hydrogen) atoms. The van der Waals surface area contributed by atoms with Crippen LogP contribution in [0.3, 0.4) is 0 Å². The van der Waals surface area contributed by atoms with E-state index in [1.54, 1.807) is 19.9 Å². The number of amides is 1. The van der Waals surface area contributed by atoms with Crippen LogP contribution >= 0.6 is 0 Å². The fourth-order valence-electron chi connectivity index (χ4n) is 2.52. The van der Waals surface area contributed by atoms with Crippen molar-refractivity contribution >= 4 is 17.7 Å². The standard InChI is InChI=1S/C18H17F4N3O3/c1-10-8-11(2)23-14(9-10)24-17(16(27)28-3,18(20,21)22)25-15(26)12-6-4-5-7-13(12)19/h4-9H,1-3H3,(H,23,24)(H,25,26). The largest absolute Gasteiger partial charge is 0.466 e. The average Bonchev–Trinajstić information content (AvgIpc) is 2.58. The molecule has 0 radical (unpaired) electrons. The van der Waals surface area contributed by atoms with Crippen molar-refractivity contribution in [2.45, 2.75) is 25.7 Å². The van der Waals surface area contributed by atoms with Gasteiger partial charge in [-0.25, -0.2) is 14.2 Å². The number of nitrogens with one attached hydrogen (secondary N) is 2. The van der Waals surface area contributed by atoms with E-state index >= 15 is 0 Å². The van der Waals surface area contributed by atoms with Crippen LogP contribution in [-0.4, -0.2) is 35.8 Å². The Labute approximate surface area is 157 Å². The lowest BCUT2D eigenvalue weighted by Gasteiger charge is -2.34. The minimum Gasteiger partial charge on any atom is -0.466 e. The highest BCUT2D eigenvalue weighted by atomic mass is 19.4. The zero-order chi connectivity index (χ0) is 21.1. The van der Waals surface area contributed by atoms with Gasteiger partial charge in [0.05, 0.1) is 12.7 Å². The molecule has 1 atom stereocenters. The van der Waals surface area contributed by atoms with Gasteiger partial charge in [0.1, 0.15) is 11.6 Å². The van der Waals surface area contributed by atoms with Gasteiger partial charge < -0.3 is 15.4 Å². The number of halogens is 4. The lowest BCUT2D eigenvalue weighted by Crippen LogP contribution is -2.69. The van der Waals surface area contributed by atoms with Gasteiger partial charge in [0.25, 0.3) is 5.91 Å². The van der Waals surface area contributed by atoms with Crippen molar-refractivity contribution in [3.05, 3.63) is 59.0 Å². The van der Waals surface area contributed by atoms with Crippen LogP contribution in [0, 0.1) is 19.7 Å². The summed E-state index contributed by atoms with van der Waals surface area (Å²) in [6.07, 6.45) is -5.35. The quantitative estimate of drug-likeness (QED) is 0.459. The van der Waals surface area contributed by atoms with Crippen LogP contribution in [0.4, 0.5) is 23.4 Å². The monoisotopic (exact) mass is 399 g/mol. The number of aromatic nitrogens is 1. The van der Waals surface area contributed by atoms with E-state index in [2.05, 4.69) is 9.72 Å². The Balaban J connectivity index is 2.56. The summed E-state index contributed by atoms with van der Waals surface area (Å²) in [5, 5.41) is 3.46. The van der Waals surface area contributed by atoms with Gasteiger partial charge in [-0.15, -0.1) is 0 Å². The number of methoxy groups -OCH3 is 1. The topological polar surface area (TPSA) is 80.3 Å². The second-order valence-electron chi connectivity index (χ2n) is 5.97. The van der Waals surface area contributed by atoms with E-state index in [4.69, 9.17) is 0 Å². The van der Waals surface area contributed by atoms with E-state index < -0.39 is 35.1 Å². The van der Waals surface area contributed by atoms with Crippen LogP contribution < -0.4 is 10.6 Å². The minimum absolute atomic E-state index is 0.325. The number of pyridine rings is 1. The Hall–Kier alpha value is -3.17. The van der Waals surface area contributed by atoms with Crippen LogP contribution in [0.1, 0.15) is 21.6 Å². The van der Waals surface area contributed by atoms with Crippen molar-refractivity contribution < 1.29 is 31.9 Å². The van der Waals surface area contributed by atoms with Gasteiger partial charge in [0.15, 0.2) is 0 Å². The highest BCUT2D eigenvalue weighted by Gasteiger charge is 2.64. The molecule has 0 bridgehead atoms.